The highest BCUT2D eigenvalue weighted by molar-refractivity contribution is 7.08. The van der Waals surface area contributed by atoms with Crippen LogP contribution < -0.4 is 5.73 Å². The summed E-state index contributed by atoms with van der Waals surface area (Å²) in [6.45, 7) is -0.913. The largest absolute Gasteiger partial charge is 0.408 e. The lowest BCUT2D eigenvalue weighted by atomic mass is 9.92. The van der Waals surface area contributed by atoms with Gasteiger partial charge in [-0.15, -0.1) is 0 Å². The van der Waals surface area contributed by atoms with Crippen LogP contribution in [-0.2, 0) is 37.7 Å². The molecule has 0 saturated carbocycles. The van der Waals surface area contributed by atoms with E-state index in [1.807, 2.05) is 0 Å². The van der Waals surface area contributed by atoms with E-state index in [0.29, 0.717) is 27.2 Å². The van der Waals surface area contributed by atoms with Crippen molar-refractivity contribution in [3.63, 3.8) is 0 Å². The van der Waals surface area contributed by atoms with Crippen molar-refractivity contribution < 1.29 is 41.5 Å². The summed E-state index contributed by atoms with van der Waals surface area (Å²) < 4.78 is 60.0. The number of ether oxygens (including phenoxy) is 1. The SMILES string of the molecule is CC(N(Cc1ccc(F)cc1)C(=O)CN1CO[C@]2(C(=O)Cc3cc(-c4cscc4C(N)=O)ccc32)C1=O)C(F)(F)F. The molecule has 0 radical (unpaired) electrons. The number of fused-ring (bicyclic) bond motifs is 2. The number of ketones is 1. The summed E-state index contributed by atoms with van der Waals surface area (Å²) >= 11 is 1.28. The van der Waals surface area contributed by atoms with E-state index in [-0.39, 0.29) is 17.5 Å². The highest BCUT2D eigenvalue weighted by Gasteiger charge is 2.59. The Kier molecular flexibility index (Phi) is 7.20. The van der Waals surface area contributed by atoms with Crippen molar-refractivity contribution in [3.8, 4) is 11.1 Å². The maximum atomic E-state index is 13.6. The fraction of sp³-hybridized carbons (Fsp3) is 0.286. The zero-order valence-electron chi connectivity index (χ0n) is 21.5. The molecule has 1 fully saturated rings. The number of carbonyl (C=O) groups excluding carboxylic acids is 4. The molecule has 214 valence electrons. The summed E-state index contributed by atoms with van der Waals surface area (Å²) in [6, 6.07) is 7.28. The summed E-state index contributed by atoms with van der Waals surface area (Å²) in [5.41, 5.74) is 5.94. The second-order valence-electron chi connectivity index (χ2n) is 9.86. The summed E-state index contributed by atoms with van der Waals surface area (Å²) in [4.78, 5) is 53.2. The Balaban J connectivity index is 1.39. The average molecular weight is 590 g/mol. The van der Waals surface area contributed by atoms with Gasteiger partial charge in [-0.3, -0.25) is 19.2 Å². The zero-order valence-corrected chi connectivity index (χ0v) is 22.4. The van der Waals surface area contributed by atoms with Gasteiger partial charge in [-0.1, -0.05) is 30.3 Å². The first kappa shape index (κ1) is 28.4. The van der Waals surface area contributed by atoms with Crippen LogP contribution in [0.3, 0.4) is 0 Å². The molecule has 2 heterocycles. The van der Waals surface area contributed by atoms with Crippen LogP contribution in [0.5, 0.6) is 0 Å². The lowest BCUT2D eigenvalue weighted by molar-refractivity contribution is -0.187. The second-order valence-corrected chi connectivity index (χ2v) is 10.6. The molecule has 2 atom stereocenters. The van der Waals surface area contributed by atoms with Crippen LogP contribution in [0.1, 0.15) is 34.0 Å². The molecule has 3 amide bonds. The van der Waals surface area contributed by atoms with E-state index in [2.05, 4.69) is 0 Å². The van der Waals surface area contributed by atoms with Crippen molar-refractivity contribution in [2.24, 2.45) is 5.73 Å². The van der Waals surface area contributed by atoms with Gasteiger partial charge in [-0.25, -0.2) is 4.39 Å². The molecule has 8 nitrogen and oxygen atoms in total. The highest BCUT2D eigenvalue weighted by Crippen LogP contribution is 2.44. The van der Waals surface area contributed by atoms with Crippen molar-refractivity contribution in [1.29, 1.82) is 0 Å². The smallest absolute Gasteiger partial charge is 0.366 e. The van der Waals surface area contributed by atoms with Crippen LogP contribution in [0, 0.1) is 5.82 Å². The van der Waals surface area contributed by atoms with Gasteiger partial charge >= 0.3 is 6.18 Å². The molecule has 1 aliphatic carbocycles. The normalized spacial score (nSPS) is 19.1. The highest BCUT2D eigenvalue weighted by atomic mass is 32.1. The Morgan fingerprint density at radius 1 is 1.15 bits per heavy atom. The Morgan fingerprint density at radius 3 is 2.51 bits per heavy atom. The number of amides is 3. The van der Waals surface area contributed by atoms with Crippen molar-refractivity contribution in [2.45, 2.75) is 37.7 Å². The van der Waals surface area contributed by atoms with E-state index in [4.69, 9.17) is 10.5 Å². The molecule has 1 saturated heterocycles. The number of nitrogens with zero attached hydrogens (tertiary/aromatic N) is 2. The predicted octanol–water partition coefficient (Wildman–Crippen LogP) is 3.77. The first-order valence-corrected chi connectivity index (χ1v) is 13.3. The quantitative estimate of drug-likeness (QED) is 0.333. The second kappa shape index (κ2) is 10.4. The fourth-order valence-electron chi connectivity index (χ4n) is 5.10. The van der Waals surface area contributed by atoms with Gasteiger partial charge in [-0.05, 0) is 41.1 Å². The summed E-state index contributed by atoms with van der Waals surface area (Å²) in [5.74, 6) is -3.64. The predicted molar refractivity (Wildman–Crippen MR) is 139 cm³/mol. The zero-order chi connectivity index (χ0) is 29.7. The maximum Gasteiger partial charge on any atom is 0.408 e. The third-order valence-electron chi connectivity index (χ3n) is 7.35. The molecular formula is C28H23F4N3O5S. The van der Waals surface area contributed by atoms with Gasteiger partial charge in [-0.2, -0.15) is 24.5 Å². The Labute approximate surface area is 235 Å². The van der Waals surface area contributed by atoms with Gasteiger partial charge in [0.05, 0.1) is 5.56 Å². The lowest BCUT2D eigenvalue weighted by Crippen LogP contribution is -2.51. The fourth-order valence-corrected chi connectivity index (χ4v) is 5.94. The molecule has 3 aromatic rings. The van der Waals surface area contributed by atoms with E-state index >= 15 is 0 Å². The van der Waals surface area contributed by atoms with E-state index in [9.17, 15) is 36.7 Å². The number of benzene rings is 2. The summed E-state index contributed by atoms with van der Waals surface area (Å²) in [5, 5.41) is 3.34. The van der Waals surface area contributed by atoms with Gasteiger partial charge < -0.3 is 20.3 Å². The van der Waals surface area contributed by atoms with E-state index in [1.165, 1.54) is 29.5 Å². The van der Waals surface area contributed by atoms with Gasteiger partial charge in [0.2, 0.25) is 17.4 Å². The van der Waals surface area contributed by atoms with E-state index in [1.54, 1.807) is 22.9 Å². The minimum absolute atomic E-state index is 0.158. The number of carbonyl (C=O) groups is 4. The number of alkyl halides is 3. The Hall–Kier alpha value is -4.10. The molecule has 0 bridgehead atoms. The van der Waals surface area contributed by atoms with Crippen LogP contribution in [0.4, 0.5) is 17.6 Å². The molecule has 13 heteroatoms. The molecule has 41 heavy (non-hydrogen) atoms. The van der Waals surface area contributed by atoms with Crippen molar-refractivity contribution in [3.05, 3.63) is 81.3 Å². The van der Waals surface area contributed by atoms with Crippen molar-refractivity contribution >= 4 is 34.8 Å². The molecule has 2 aromatic carbocycles. The minimum Gasteiger partial charge on any atom is -0.366 e. The Morgan fingerprint density at radius 2 is 1.85 bits per heavy atom. The molecule has 1 unspecified atom stereocenters. The number of halogens is 4. The molecule has 1 aliphatic heterocycles. The number of Topliss-reactive ketones (excluding diaryl/α,β-unsaturated/α-hetero) is 1. The number of primary amides is 1. The third kappa shape index (κ3) is 4.99. The number of nitrogens with two attached hydrogens (primary N) is 1. The number of hydrogen-bond donors (Lipinski definition) is 1. The molecule has 2 N–H and O–H groups in total. The molecule has 2 aliphatic rings. The topological polar surface area (TPSA) is 110 Å². The number of hydrogen-bond acceptors (Lipinski definition) is 6. The van der Waals surface area contributed by atoms with E-state index < -0.39 is 67.0 Å². The molecule has 1 aromatic heterocycles. The van der Waals surface area contributed by atoms with Crippen LogP contribution >= 0.6 is 11.3 Å². The first-order valence-electron chi connectivity index (χ1n) is 12.4. The molecule has 1 spiro atoms. The van der Waals surface area contributed by atoms with Gasteiger partial charge in [0.1, 0.15) is 25.1 Å². The average Bonchev–Trinajstić information content (AvgIpc) is 3.60. The first-order chi connectivity index (χ1) is 19.3. The van der Waals surface area contributed by atoms with Crippen molar-refractivity contribution in [1.82, 2.24) is 9.80 Å². The molecule has 5 rings (SSSR count). The standard InChI is InChI=1S/C28H23F4N3O5S/c1-15(28(30,31)32)35(10-16-2-5-19(29)6-3-16)24(37)11-34-14-40-27(26(34)39)22-7-4-17(8-18(22)9-23(27)36)20-12-41-13-21(20)25(33)38/h2-8,12-13,15H,9-11,14H2,1H3,(H2,33,38)/t15?,27-/m1/s1. The lowest BCUT2D eigenvalue weighted by Gasteiger charge is -2.32. The van der Waals surface area contributed by atoms with Crippen LogP contribution in [0.2, 0.25) is 0 Å². The molecular weight excluding hydrogens is 566 g/mol. The number of rotatable bonds is 7. The third-order valence-corrected chi connectivity index (χ3v) is 8.09. The minimum atomic E-state index is -4.77. The van der Waals surface area contributed by atoms with Gasteiger partial charge in [0.15, 0.2) is 5.78 Å². The van der Waals surface area contributed by atoms with Crippen molar-refractivity contribution in [2.75, 3.05) is 13.3 Å². The van der Waals surface area contributed by atoms with Gasteiger partial charge in [0.25, 0.3) is 5.91 Å². The number of thiophene rings is 1. The van der Waals surface area contributed by atoms with Crippen LogP contribution in [-0.4, -0.2) is 58.8 Å². The monoisotopic (exact) mass is 589 g/mol. The van der Waals surface area contributed by atoms with Crippen LogP contribution in [0.15, 0.2) is 53.2 Å². The van der Waals surface area contributed by atoms with E-state index in [0.717, 1.165) is 24.0 Å². The van der Waals surface area contributed by atoms with Crippen LogP contribution in [0.25, 0.3) is 11.1 Å². The van der Waals surface area contributed by atoms with Gasteiger partial charge in [0, 0.05) is 29.5 Å². The summed E-state index contributed by atoms with van der Waals surface area (Å²) in [6.07, 6.45) is -4.92. The summed E-state index contributed by atoms with van der Waals surface area (Å²) in [7, 11) is 0. The maximum absolute atomic E-state index is 13.6. The Bertz CT molecular complexity index is 1550.